The summed E-state index contributed by atoms with van der Waals surface area (Å²) in [5.41, 5.74) is 2.98. The number of nitrogens with one attached hydrogen (secondary N) is 2. The van der Waals surface area contributed by atoms with Crippen LogP contribution in [0.5, 0.6) is 0 Å². The summed E-state index contributed by atoms with van der Waals surface area (Å²) in [6.45, 7) is 3.62. The average Bonchev–Trinajstić information content (AvgIpc) is 2.64. The van der Waals surface area contributed by atoms with E-state index in [4.69, 9.17) is 0 Å². The van der Waals surface area contributed by atoms with Crippen LogP contribution in [-0.4, -0.2) is 14.3 Å². The Morgan fingerprint density at radius 1 is 0.815 bits per heavy atom. The molecule has 0 unspecified atom stereocenters. The van der Waals surface area contributed by atoms with E-state index in [0.29, 0.717) is 16.9 Å². The highest BCUT2D eigenvalue weighted by Gasteiger charge is 2.19. The standard InChI is InChI=1S/C21H20N2O3S/c1-15-8-12-19(13-9-15)23-27(25,26)20-14-17(11-10-16(20)2)21(24)22-18-6-4-3-5-7-18/h3-14,23H,1-2H3,(H,22,24). The molecule has 3 rings (SSSR count). The number of hydrogen-bond acceptors (Lipinski definition) is 3. The number of carbonyl (C=O) groups excluding carboxylic acids is 1. The molecule has 0 aliphatic carbocycles. The molecule has 0 saturated carbocycles. The normalized spacial score (nSPS) is 11.0. The van der Waals surface area contributed by atoms with Crippen LogP contribution in [0.1, 0.15) is 21.5 Å². The van der Waals surface area contributed by atoms with E-state index in [1.165, 1.54) is 6.07 Å². The van der Waals surface area contributed by atoms with E-state index in [1.54, 1.807) is 43.3 Å². The molecule has 3 aromatic carbocycles. The fraction of sp³-hybridized carbons (Fsp3) is 0.0952. The predicted octanol–water partition coefficient (Wildman–Crippen LogP) is 4.36. The van der Waals surface area contributed by atoms with Gasteiger partial charge in [-0.15, -0.1) is 0 Å². The van der Waals surface area contributed by atoms with E-state index in [2.05, 4.69) is 10.0 Å². The van der Waals surface area contributed by atoms with Gasteiger partial charge in [-0.1, -0.05) is 42.0 Å². The van der Waals surface area contributed by atoms with Gasteiger partial charge in [-0.25, -0.2) is 8.42 Å². The first-order valence-electron chi connectivity index (χ1n) is 8.42. The zero-order valence-electron chi connectivity index (χ0n) is 15.1. The lowest BCUT2D eigenvalue weighted by atomic mass is 10.1. The molecule has 0 aliphatic rings. The van der Waals surface area contributed by atoms with Gasteiger partial charge in [-0.3, -0.25) is 9.52 Å². The summed E-state index contributed by atoms with van der Waals surface area (Å²) in [6.07, 6.45) is 0. The van der Waals surface area contributed by atoms with Crippen LogP contribution in [0.25, 0.3) is 0 Å². The number of anilines is 2. The minimum absolute atomic E-state index is 0.0730. The third kappa shape index (κ3) is 4.54. The van der Waals surface area contributed by atoms with Crippen molar-refractivity contribution < 1.29 is 13.2 Å². The zero-order chi connectivity index (χ0) is 19.4. The number of sulfonamides is 1. The van der Waals surface area contributed by atoms with E-state index in [1.807, 2.05) is 37.3 Å². The van der Waals surface area contributed by atoms with Crippen LogP contribution in [0.3, 0.4) is 0 Å². The smallest absolute Gasteiger partial charge is 0.262 e. The fourth-order valence-electron chi connectivity index (χ4n) is 2.59. The van der Waals surface area contributed by atoms with E-state index in [-0.39, 0.29) is 16.4 Å². The lowest BCUT2D eigenvalue weighted by Crippen LogP contribution is -2.17. The van der Waals surface area contributed by atoms with Crippen molar-refractivity contribution in [1.29, 1.82) is 0 Å². The molecule has 1 amide bonds. The van der Waals surface area contributed by atoms with Crippen LogP contribution in [0.2, 0.25) is 0 Å². The van der Waals surface area contributed by atoms with Crippen LogP contribution in [-0.2, 0) is 10.0 Å². The number of carbonyl (C=O) groups is 1. The van der Waals surface area contributed by atoms with Crippen molar-refractivity contribution in [2.75, 3.05) is 10.0 Å². The molecule has 0 fully saturated rings. The van der Waals surface area contributed by atoms with Crippen molar-refractivity contribution in [3.05, 3.63) is 89.5 Å². The molecule has 0 bridgehead atoms. The Morgan fingerprint density at radius 3 is 2.15 bits per heavy atom. The quantitative estimate of drug-likeness (QED) is 0.691. The Hall–Kier alpha value is -3.12. The third-order valence-electron chi connectivity index (χ3n) is 4.08. The Bertz CT molecular complexity index is 1060. The van der Waals surface area contributed by atoms with Gasteiger partial charge in [-0.05, 0) is 55.8 Å². The summed E-state index contributed by atoms with van der Waals surface area (Å²) in [6, 6.07) is 20.7. The van der Waals surface area contributed by atoms with Crippen LogP contribution in [0.4, 0.5) is 11.4 Å². The highest BCUT2D eigenvalue weighted by molar-refractivity contribution is 7.92. The van der Waals surface area contributed by atoms with Crippen LogP contribution >= 0.6 is 0 Å². The van der Waals surface area contributed by atoms with Crippen molar-refractivity contribution >= 4 is 27.3 Å². The third-order valence-corrected chi connectivity index (χ3v) is 5.60. The Morgan fingerprint density at radius 2 is 1.48 bits per heavy atom. The first-order chi connectivity index (χ1) is 12.8. The molecule has 0 aliphatic heterocycles. The summed E-state index contributed by atoms with van der Waals surface area (Å²) in [4.78, 5) is 12.5. The van der Waals surface area contributed by atoms with Crippen molar-refractivity contribution in [3.8, 4) is 0 Å². The van der Waals surface area contributed by atoms with Gasteiger partial charge in [0.25, 0.3) is 15.9 Å². The van der Waals surface area contributed by atoms with Crippen molar-refractivity contribution in [2.24, 2.45) is 0 Å². The average molecular weight is 380 g/mol. The molecule has 0 heterocycles. The Kier molecular flexibility index (Phi) is 5.28. The lowest BCUT2D eigenvalue weighted by Gasteiger charge is -2.12. The molecule has 6 heteroatoms. The minimum atomic E-state index is -3.82. The number of amides is 1. The number of para-hydroxylation sites is 1. The van der Waals surface area contributed by atoms with Gasteiger partial charge in [-0.2, -0.15) is 0 Å². The lowest BCUT2D eigenvalue weighted by molar-refractivity contribution is 0.102. The molecule has 138 valence electrons. The molecule has 0 radical (unpaired) electrons. The molecular formula is C21H20N2O3S. The van der Waals surface area contributed by atoms with Crippen molar-refractivity contribution in [1.82, 2.24) is 0 Å². The zero-order valence-corrected chi connectivity index (χ0v) is 15.9. The van der Waals surface area contributed by atoms with E-state index in [9.17, 15) is 13.2 Å². The van der Waals surface area contributed by atoms with Crippen LogP contribution in [0.15, 0.2) is 77.7 Å². The maximum atomic E-state index is 12.8. The summed E-state index contributed by atoms with van der Waals surface area (Å²) in [5.74, 6) is -0.368. The van der Waals surface area contributed by atoms with Gasteiger partial charge in [0.05, 0.1) is 4.90 Å². The van der Waals surface area contributed by atoms with E-state index < -0.39 is 10.0 Å². The van der Waals surface area contributed by atoms with Gasteiger partial charge < -0.3 is 5.32 Å². The molecule has 5 nitrogen and oxygen atoms in total. The summed E-state index contributed by atoms with van der Waals surface area (Å²) in [7, 11) is -3.82. The van der Waals surface area contributed by atoms with Gasteiger partial charge in [0.1, 0.15) is 0 Å². The molecule has 0 spiro atoms. The molecular weight excluding hydrogens is 360 g/mol. The topological polar surface area (TPSA) is 75.3 Å². The van der Waals surface area contributed by atoms with Gasteiger partial charge in [0, 0.05) is 16.9 Å². The first kappa shape index (κ1) is 18.7. The molecule has 3 aromatic rings. The highest BCUT2D eigenvalue weighted by atomic mass is 32.2. The predicted molar refractivity (Wildman–Crippen MR) is 108 cm³/mol. The summed E-state index contributed by atoms with van der Waals surface area (Å²) < 4.78 is 28.2. The number of hydrogen-bond donors (Lipinski definition) is 2. The SMILES string of the molecule is Cc1ccc(NS(=O)(=O)c2cc(C(=O)Nc3ccccc3)ccc2C)cc1. The van der Waals surface area contributed by atoms with Crippen LogP contribution < -0.4 is 10.0 Å². The number of aryl methyl sites for hydroxylation is 2. The fourth-order valence-corrected chi connectivity index (χ4v) is 3.92. The maximum absolute atomic E-state index is 12.8. The minimum Gasteiger partial charge on any atom is -0.322 e. The molecule has 0 atom stereocenters. The highest BCUT2D eigenvalue weighted by Crippen LogP contribution is 2.22. The largest absolute Gasteiger partial charge is 0.322 e. The monoisotopic (exact) mass is 380 g/mol. The van der Waals surface area contributed by atoms with Gasteiger partial charge in [0.2, 0.25) is 0 Å². The Balaban J connectivity index is 1.88. The molecule has 0 saturated heterocycles. The van der Waals surface area contributed by atoms with Crippen molar-refractivity contribution in [3.63, 3.8) is 0 Å². The second kappa shape index (κ2) is 7.63. The number of benzene rings is 3. The van der Waals surface area contributed by atoms with Gasteiger partial charge in [0.15, 0.2) is 0 Å². The molecule has 27 heavy (non-hydrogen) atoms. The summed E-state index contributed by atoms with van der Waals surface area (Å²) in [5, 5.41) is 2.76. The summed E-state index contributed by atoms with van der Waals surface area (Å²) >= 11 is 0. The van der Waals surface area contributed by atoms with E-state index in [0.717, 1.165) is 5.56 Å². The second-order valence-electron chi connectivity index (χ2n) is 6.27. The van der Waals surface area contributed by atoms with Crippen LogP contribution in [0, 0.1) is 13.8 Å². The maximum Gasteiger partial charge on any atom is 0.262 e. The molecule has 0 aromatic heterocycles. The Labute approximate surface area is 159 Å². The van der Waals surface area contributed by atoms with E-state index >= 15 is 0 Å². The molecule has 2 N–H and O–H groups in total. The van der Waals surface area contributed by atoms with Crippen molar-refractivity contribution in [2.45, 2.75) is 18.7 Å². The first-order valence-corrected chi connectivity index (χ1v) is 9.90. The second-order valence-corrected chi connectivity index (χ2v) is 7.92. The van der Waals surface area contributed by atoms with Gasteiger partial charge >= 0.3 is 0 Å². The number of rotatable bonds is 5.